The first kappa shape index (κ1) is 39.1. The van der Waals surface area contributed by atoms with Crippen LogP contribution in [0.2, 0.25) is 0 Å². The fraction of sp³-hybridized carbons (Fsp3) is 0.581. The van der Waals surface area contributed by atoms with E-state index in [1.165, 1.54) is 16.7 Å². The van der Waals surface area contributed by atoms with Crippen LogP contribution >= 0.6 is 7.94 Å². The summed E-state index contributed by atoms with van der Waals surface area (Å²) >= 11 is 0. The molecule has 3 nitrogen and oxygen atoms in total. The molecular formula is C43H66O3P+. The van der Waals surface area contributed by atoms with Crippen LogP contribution in [0, 0.1) is 0 Å². The summed E-state index contributed by atoms with van der Waals surface area (Å²) in [6.45, 7) is 33.8. The van der Waals surface area contributed by atoms with Gasteiger partial charge >= 0.3 is 7.94 Å². The Balaban J connectivity index is 2.31. The van der Waals surface area contributed by atoms with Gasteiger partial charge in [-0.25, -0.2) is 0 Å². The monoisotopic (exact) mass is 661 g/mol. The van der Waals surface area contributed by atoms with Crippen molar-refractivity contribution in [2.24, 2.45) is 0 Å². The maximum atomic E-state index is 12.9. The lowest BCUT2D eigenvalue weighted by Crippen LogP contribution is -2.27. The predicted molar refractivity (Wildman–Crippen MR) is 206 cm³/mol. The summed E-state index contributed by atoms with van der Waals surface area (Å²) in [5.74, 6) is 1.36. The fourth-order valence-corrected chi connectivity index (χ4v) is 7.23. The highest BCUT2D eigenvalue weighted by Crippen LogP contribution is 2.58. The van der Waals surface area contributed by atoms with Crippen LogP contribution in [-0.4, -0.2) is 4.89 Å². The predicted octanol–water partition coefficient (Wildman–Crippen LogP) is 12.7. The summed E-state index contributed by atoms with van der Waals surface area (Å²) in [4.78, 5) is 12.9. The van der Waals surface area contributed by atoms with Gasteiger partial charge in [0.1, 0.15) is 0 Å². The largest absolute Gasteiger partial charge is 0.533 e. The van der Waals surface area contributed by atoms with E-state index in [1.54, 1.807) is 0 Å². The molecule has 0 aliphatic carbocycles. The Hall–Kier alpha value is -2.35. The molecule has 0 saturated heterocycles. The van der Waals surface area contributed by atoms with E-state index in [9.17, 15) is 4.89 Å². The van der Waals surface area contributed by atoms with Gasteiger partial charge in [-0.05, 0) is 100 Å². The Morgan fingerprint density at radius 1 is 0.447 bits per heavy atom. The van der Waals surface area contributed by atoms with Crippen molar-refractivity contribution >= 4 is 13.2 Å². The summed E-state index contributed by atoms with van der Waals surface area (Å²) in [7, 11) is -3.69. The van der Waals surface area contributed by atoms with E-state index in [1.807, 2.05) is 12.1 Å². The Morgan fingerprint density at radius 3 is 1.06 bits per heavy atom. The molecule has 0 aromatic heterocycles. The van der Waals surface area contributed by atoms with E-state index >= 15 is 0 Å². The maximum absolute atomic E-state index is 12.9. The molecule has 3 rings (SSSR count). The molecule has 0 fully saturated rings. The first-order valence-corrected chi connectivity index (χ1v) is 19.6. The van der Waals surface area contributed by atoms with E-state index in [0.29, 0.717) is 16.8 Å². The van der Waals surface area contributed by atoms with Crippen LogP contribution < -0.4 is 14.4 Å². The third-order valence-corrected chi connectivity index (χ3v) is 13.7. The minimum Gasteiger partial charge on any atom is -0.273 e. The lowest BCUT2D eigenvalue weighted by molar-refractivity contribution is 0.348. The number of hydrogen-bond acceptors (Lipinski definition) is 3. The first-order chi connectivity index (χ1) is 21.6. The zero-order valence-electron chi connectivity index (χ0n) is 32.5. The minimum absolute atomic E-state index is 0.0234. The van der Waals surface area contributed by atoms with Crippen LogP contribution in [-0.2, 0) is 27.1 Å². The zero-order chi connectivity index (χ0) is 35.6. The van der Waals surface area contributed by atoms with E-state index < -0.39 is 7.94 Å². The van der Waals surface area contributed by atoms with E-state index in [0.717, 1.165) is 43.2 Å². The highest BCUT2D eigenvalue weighted by atomic mass is 31.2. The molecule has 0 radical (unpaired) electrons. The average Bonchev–Trinajstić information content (AvgIpc) is 3.04. The van der Waals surface area contributed by atoms with Crippen molar-refractivity contribution in [3.8, 4) is 11.5 Å². The molecular weight excluding hydrogens is 595 g/mol. The lowest BCUT2D eigenvalue weighted by Gasteiger charge is -2.32. The highest BCUT2D eigenvalue weighted by molar-refractivity contribution is 7.69. The molecule has 0 heterocycles. The highest BCUT2D eigenvalue weighted by Gasteiger charge is 2.50. The van der Waals surface area contributed by atoms with Gasteiger partial charge in [0.25, 0.3) is 0 Å². The summed E-state index contributed by atoms with van der Waals surface area (Å²) in [6, 6.07) is 21.3. The molecule has 0 spiro atoms. The molecule has 0 amide bonds. The SMILES string of the molecule is CCC(C)(C)c1ccc([P+](O)(Oc2ccc(C(C)(C)CC)cc2C(C)(C)CC)Oc2ccc(C(C)(C)CC)cc2C(C)(C)CC)cc1. The van der Waals surface area contributed by atoms with Crippen molar-refractivity contribution in [3.05, 3.63) is 88.5 Å². The molecule has 0 aliphatic heterocycles. The van der Waals surface area contributed by atoms with Crippen LogP contribution in [0.15, 0.2) is 60.7 Å². The number of benzene rings is 3. The molecule has 0 saturated carbocycles. The summed E-state index contributed by atoms with van der Waals surface area (Å²) in [6.07, 6.45) is 4.94. The summed E-state index contributed by atoms with van der Waals surface area (Å²) < 4.78 is 13.9. The lowest BCUT2D eigenvalue weighted by atomic mass is 9.76. The van der Waals surface area contributed by atoms with Gasteiger partial charge in [-0.2, -0.15) is 4.89 Å². The number of hydrogen-bond donors (Lipinski definition) is 1. The van der Waals surface area contributed by atoms with Gasteiger partial charge in [-0.15, -0.1) is 0 Å². The first-order valence-electron chi connectivity index (χ1n) is 18.0. The second-order valence-electron chi connectivity index (χ2n) is 16.9. The van der Waals surface area contributed by atoms with Gasteiger partial charge in [0.2, 0.25) is 5.30 Å². The third kappa shape index (κ3) is 8.45. The van der Waals surface area contributed by atoms with E-state index in [4.69, 9.17) is 9.05 Å². The standard InChI is InChI=1S/C43H66O3P/c1-16-39(6,7)31-21-25-34(26-22-31)47(44,45-37-27-23-32(40(8,9)17-2)29-35(37)42(12,13)19-4)46-38-28-24-33(41(10,11)18-3)30-36(38)43(14,15)20-5/h21-30,44H,16-20H2,1-15H3/q+1. The van der Waals surface area contributed by atoms with Crippen molar-refractivity contribution < 1.29 is 13.9 Å². The van der Waals surface area contributed by atoms with Crippen LogP contribution in [0.25, 0.3) is 0 Å². The Kier molecular flexibility index (Phi) is 11.9. The van der Waals surface area contributed by atoms with E-state index in [-0.39, 0.29) is 27.1 Å². The molecule has 3 aromatic carbocycles. The molecule has 0 bridgehead atoms. The van der Waals surface area contributed by atoms with Crippen LogP contribution in [0.4, 0.5) is 0 Å². The third-order valence-electron chi connectivity index (χ3n) is 11.8. The molecule has 0 aliphatic rings. The molecule has 47 heavy (non-hydrogen) atoms. The second-order valence-corrected chi connectivity index (χ2v) is 18.8. The molecule has 1 N–H and O–H groups in total. The van der Waals surface area contributed by atoms with Gasteiger partial charge in [-0.3, -0.25) is 9.05 Å². The van der Waals surface area contributed by atoms with Gasteiger partial charge in [0, 0.05) is 11.1 Å². The molecule has 3 aromatic rings. The summed E-state index contributed by atoms with van der Waals surface area (Å²) in [5, 5.41) is 0.671. The van der Waals surface area contributed by atoms with Crippen LogP contribution in [0.1, 0.15) is 164 Å². The van der Waals surface area contributed by atoms with Gasteiger partial charge in [0.05, 0.1) is 0 Å². The van der Waals surface area contributed by atoms with Gasteiger partial charge in [-0.1, -0.05) is 140 Å². The molecule has 0 atom stereocenters. The smallest absolute Gasteiger partial charge is 0.273 e. The van der Waals surface area contributed by atoms with Crippen molar-refractivity contribution in [1.29, 1.82) is 0 Å². The Morgan fingerprint density at radius 2 is 0.745 bits per heavy atom. The second kappa shape index (κ2) is 14.2. The molecule has 260 valence electrons. The van der Waals surface area contributed by atoms with E-state index in [2.05, 4.69) is 152 Å². The fourth-order valence-electron chi connectivity index (χ4n) is 5.60. The topological polar surface area (TPSA) is 38.7 Å². The maximum Gasteiger partial charge on any atom is 0.533 e. The van der Waals surface area contributed by atoms with Gasteiger partial charge in [0.15, 0.2) is 11.5 Å². The van der Waals surface area contributed by atoms with Crippen molar-refractivity contribution in [2.75, 3.05) is 0 Å². The Labute approximate surface area is 289 Å². The van der Waals surface area contributed by atoms with Crippen LogP contribution in [0.3, 0.4) is 0 Å². The normalized spacial score (nSPS) is 13.5. The zero-order valence-corrected chi connectivity index (χ0v) is 33.4. The van der Waals surface area contributed by atoms with Crippen molar-refractivity contribution in [1.82, 2.24) is 0 Å². The van der Waals surface area contributed by atoms with Crippen molar-refractivity contribution in [3.63, 3.8) is 0 Å². The van der Waals surface area contributed by atoms with Crippen molar-refractivity contribution in [2.45, 2.75) is 163 Å². The quantitative estimate of drug-likeness (QED) is 0.165. The molecule has 4 heteroatoms. The Bertz CT molecular complexity index is 1410. The molecule has 0 unspecified atom stereocenters. The minimum atomic E-state index is -3.69. The van der Waals surface area contributed by atoms with Gasteiger partial charge < -0.3 is 0 Å². The number of rotatable bonds is 15. The summed E-state index contributed by atoms with van der Waals surface area (Å²) in [5.41, 5.74) is 5.71. The van der Waals surface area contributed by atoms with Crippen LogP contribution in [0.5, 0.6) is 11.5 Å². The average molecular weight is 662 g/mol.